The molecule has 1 atom stereocenters. The number of anilines is 1. The predicted molar refractivity (Wildman–Crippen MR) is 120 cm³/mol. The van der Waals surface area contributed by atoms with Gasteiger partial charge in [-0.2, -0.15) is 5.26 Å². The molecular weight excluding hydrogens is 370 g/mol. The monoisotopic (exact) mass is 397 g/mol. The van der Waals surface area contributed by atoms with Gasteiger partial charge in [0.1, 0.15) is 0 Å². The molecule has 0 saturated heterocycles. The quantitative estimate of drug-likeness (QED) is 0.570. The van der Waals surface area contributed by atoms with Crippen molar-refractivity contribution in [1.29, 1.82) is 5.26 Å². The van der Waals surface area contributed by atoms with Crippen molar-refractivity contribution < 1.29 is 4.79 Å². The molecule has 30 heavy (non-hydrogen) atoms. The highest BCUT2D eigenvalue weighted by molar-refractivity contribution is 5.92. The maximum Gasteiger partial charge on any atom is 0.227 e. The first-order chi connectivity index (χ1) is 14.7. The number of amides is 1. The van der Waals surface area contributed by atoms with Crippen LogP contribution in [-0.2, 0) is 4.79 Å². The SMILES string of the molecule is CCC(C(=O)Nc1ccc(C#N)cc1)C1CCC(c2ccnc3ccccc23)CC1. The highest BCUT2D eigenvalue weighted by atomic mass is 16.1. The van der Waals surface area contributed by atoms with Gasteiger partial charge in [0.25, 0.3) is 0 Å². The summed E-state index contributed by atoms with van der Waals surface area (Å²) < 4.78 is 0. The van der Waals surface area contributed by atoms with Crippen molar-refractivity contribution in [3.63, 3.8) is 0 Å². The summed E-state index contributed by atoms with van der Waals surface area (Å²) in [5.41, 5.74) is 3.82. The minimum Gasteiger partial charge on any atom is -0.326 e. The molecule has 4 nitrogen and oxygen atoms in total. The second-order valence-electron chi connectivity index (χ2n) is 8.22. The summed E-state index contributed by atoms with van der Waals surface area (Å²) in [6.07, 6.45) is 7.12. The number of hydrogen-bond acceptors (Lipinski definition) is 3. The molecule has 0 bridgehead atoms. The number of aromatic nitrogens is 1. The fourth-order valence-electron chi connectivity index (χ4n) is 4.90. The number of nitrogens with one attached hydrogen (secondary N) is 1. The topological polar surface area (TPSA) is 65.8 Å². The van der Waals surface area contributed by atoms with Gasteiger partial charge in [0.05, 0.1) is 17.1 Å². The van der Waals surface area contributed by atoms with Crippen molar-refractivity contribution >= 4 is 22.5 Å². The molecule has 1 fully saturated rings. The Balaban J connectivity index is 1.41. The van der Waals surface area contributed by atoms with Crippen LogP contribution in [0.3, 0.4) is 0 Å². The third kappa shape index (κ3) is 4.21. The molecular formula is C26H27N3O. The molecule has 1 N–H and O–H groups in total. The molecule has 1 unspecified atom stereocenters. The Labute approximate surface area is 178 Å². The van der Waals surface area contributed by atoms with E-state index >= 15 is 0 Å². The molecule has 1 saturated carbocycles. The zero-order valence-corrected chi connectivity index (χ0v) is 17.3. The molecule has 4 heteroatoms. The van der Waals surface area contributed by atoms with Crippen LogP contribution in [0.25, 0.3) is 10.9 Å². The standard InChI is InChI=1S/C26H27N3O/c1-2-22(26(30)29-21-13-7-18(17-27)8-14-21)19-9-11-20(12-10-19)23-15-16-28-25-6-4-3-5-24(23)25/h3-8,13-16,19-20,22H,2,9-12H2,1H3,(H,29,30). The highest BCUT2D eigenvalue weighted by Crippen LogP contribution is 2.41. The van der Waals surface area contributed by atoms with E-state index in [1.54, 1.807) is 24.3 Å². The van der Waals surface area contributed by atoms with Gasteiger partial charge >= 0.3 is 0 Å². The van der Waals surface area contributed by atoms with Gasteiger partial charge in [0, 0.05) is 23.2 Å². The van der Waals surface area contributed by atoms with Crippen molar-refractivity contribution in [2.75, 3.05) is 5.32 Å². The zero-order chi connectivity index (χ0) is 20.9. The smallest absolute Gasteiger partial charge is 0.227 e. The summed E-state index contributed by atoms with van der Waals surface area (Å²) in [5, 5.41) is 13.2. The molecule has 2 aromatic carbocycles. The summed E-state index contributed by atoms with van der Waals surface area (Å²) in [6.45, 7) is 2.10. The first-order valence-electron chi connectivity index (χ1n) is 10.8. The molecule has 1 amide bonds. The van der Waals surface area contributed by atoms with E-state index in [9.17, 15) is 4.79 Å². The number of nitrogens with zero attached hydrogens (tertiary/aromatic N) is 2. The van der Waals surface area contributed by atoms with Crippen LogP contribution in [0.5, 0.6) is 0 Å². The van der Waals surface area contributed by atoms with Gasteiger partial charge in [-0.1, -0.05) is 25.1 Å². The van der Waals surface area contributed by atoms with Crippen molar-refractivity contribution in [2.45, 2.75) is 44.9 Å². The molecule has 0 radical (unpaired) electrons. The third-order valence-corrected chi connectivity index (χ3v) is 6.52. The minimum atomic E-state index is 0.0239. The minimum absolute atomic E-state index is 0.0239. The molecule has 152 valence electrons. The molecule has 0 aliphatic heterocycles. The summed E-state index contributed by atoms with van der Waals surface area (Å²) in [7, 11) is 0. The lowest BCUT2D eigenvalue weighted by atomic mass is 9.72. The van der Waals surface area contributed by atoms with E-state index in [2.05, 4.69) is 47.6 Å². The highest BCUT2D eigenvalue weighted by Gasteiger charge is 2.32. The molecule has 4 rings (SSSR count). The number of rotatable bonds is 5. The molecule has 0 spiro atoms. The first kappa shape index (κ1) is 20.1. The summed E-state index contributed by atoms with van der Waals surface area (Å²) in [4.78, 5) is 17.4. The van der Waals surface area contributed by atoms with Gasteiger partial charge in [-0.15, -0.1) is 0 Å². The Morgan fingerprint density at radius 3 is 2.53 bits per heavy atom. The number of para-hydroxylation sites is 1. The van der Waals surface area contributed by atoms with Crippen LogP contribution in [0, 0.1) is 23.2 Å². The number of carbonyl (C=O) groups excluding carboxylic acids is 1. The van der Waals surface area contributed by atoms with E-state index < -0.39 is 0 Å². The van der Waals surface area contributed by atoms with Crippen LogP contribution in [0.1, 0.15) is 56.1 Å². The summed E-state index contributed by atoms with van der Waals surface area (Å²) >= 11 is 0. The lowest BCUT2D eigenvalue weighted by Gasteiger charge is -2.33. The Hall–Kier alpha value is -3.19. The second-order valence-corrected chi connectivity index (χ2v) is 8.22. The van der Waals surface area contributed by atoms with Crippen molar-refractivity contribution in [2.24, 2.45) is 11.8 Å². The second kappa shape index (κ2) is 9.09. The first-order valence-corrected chi connectivity index (χ1v) is 10.8. The Morgan fingerprint density at radius 1 is 1.10 bits per heavy atom. The van der Waals surface area contributed by atoms with E-state index in [0.717, 1.165) is 43.3 Å². The fourth-order valence-corrected chi connectivity index (χ4v) is 4.90. The molecule has 3 aromatic rings. The van der Waals surface area contributed by atoms with Gasteiger partial charge in [-0.25, -0.2) is 0 Å². The number of hydrogen-bond donors (Lipinski definition) is 1. The van der Waals surface area contributed by atoms with Crippen LogP contribution in [-0.4, -0.2) is 10.9 Å². The normalized spacial score (nSPS) is 19.7. The van der Waals surface area contributed by atoms with Crippen molar-refractivity contribution in [1.82, 2.24) is 4.98 Å². The van der Waals surface area contributed by atoms with E-state index in [0.29, 0.717) is 17.4 Å². The van der Waals surface area contributed by atoms with Crippen molar-refractivity contribution in [3.05, 3.63) is 71.9 Å². The van der Waals surface area contributed by atoms with Gasteiger partial charge < -0.3 is 5.32 Å². The molecule has 1 aliphatic carbocycles. The average molecular weight is 398 g/mol. The van der Waals surface area contributed by atoms with Crippen molar-refractivity contribution in [3.8, 4) is 6.07 Å². The van der Waals surface area contributed by atoms with E-state index in [1.807, 2.05) is 12.3 Å². The van der Waals surface area contributed by atoms with Crippen LogP contribution < -0.4 is 5.32 Å². The van der Waals surface area contributed by atoms with Crippen LogP contribution >= 0.6 is 0 Å². The van der Waals surface area contributed by atoms with Crippen LogP contribution in [0.2, 0.25) is 0 Å². The number of pyridine rings is 1. The van der Waals surface area contributed by atoms with Crippen LogP contribution in [0.15, 0.2) is 60.8 Å². The molecule has 1 aliphatic rings. The fraction of sp³-hybridized carbons (Fsp3) is 0.346. The number of nitriles is 1. The maximum absolute atomic E-state index is 12.9. The van der Waals surface area contributed by atoms with Gasteiger partial charge in [-0.05, 0) is 85.9 Å². The average Bonchev–Trinajstić information content (AvgIpc) is 2.80. The largest absolute Gasteiger partial charge is 0.326 e. The van der Waals surface area contributed by atoms with Gasteiger partial charge in [-0.3, -0.25) is 9.78 Å². The number of fused-ring (bicyclic) bond motifs is 1. The van der Waals surface area contributed by atoms with Crippen LogP contribution in [0.4, 0.5) is 5.69 Å². The Kier molecular flexibility index (Phi) is 6.09. The van der Waals surface area contributed by atoms with E-state index in [1.165, 1.54) is 10.9 Å². The number of carbonyl (C=O) groups is 1. The lowest BCUT2D eigenvalue weighted by Crippen LogP contribution is -2.31. The number of benzene rings is 2. The van der Waals surface area contributed by atoms with E-state index in [4.69, 9.17) is 5.26 Å². The summed E-state index contributed by atoms with van der Waals surface area (Å²) in [5.74, 6) is 1.07. The molecule has 1 heterocycles. The van der Waals surface area contributed by atoms with E-state index in [-0.39, 0.29) is 11.8 Å². The predicted octanol–water partition coefficient (Wildman–Crippen LogP) is 6.05. The Morgan fingerprint density at radius 2 is 1.83 bits per heavy atom. The Bertz CT molecular complexity index is 1050. The maximum atomic E-state index is 12.9. The zero-order valence-electron chi connectivity index (χ0n) is 17.3. The summed E-state index contributed by atoms with van der Waals surface area (Å²) in [6, 6.07) is 19.7. The van der Waals surface area contributed by atoms with Gasteiger partial charge in [0.15, 0.2) is 0 Å². The third-order valence-electron chi connectivity index (χ3n) is 6.52. The molecule has 1 aromatic heterocycles. The van der Waals surface area contributed by atoms with Gasteiger partial charge in [0.2, 0.25) is 5.91 Å². The lowest BCUT2D eigenvalue weighted by molar-refractivity contribution is -0.122.